The highest BCUT2D eigenvalue weighted by molar-refractivity contribution is 7.09. The predicted molar refractivity (Wildman–Crippen MR) is 96.4 cm³/mol. The summed E-state index contributed by atoms with van der Waals surface area (Å²) in [5.74, 6) is 0.819. The standard InChI is InChI=1S/C16H27N5O2S/c1-4-17-15(18-10-14-12(3)19-11-24-14)20-13-6-8-21(9-7-13)16(22)23-5-2/h11,13H,4-10H2,1-3H3,(H2,17,18,20). The van der Waals surface area contributed by atoms with Crippen LogP contribution in [0.2, 0.25) is 0 Å². The number of guanidine groups is 1. The number of hydrogen-bond donors (Lipinski definition) is 2. The zero-order valence-electron chi connectivity index (χ0n) is 14.7. The van der Waals surface area contributed by atoms with Gasteiger partial charge in [-0.05, 0) is 33.6 Å². The van der Waals surface area contributed by atoms with Crippen molar-refractivity contribution >= 4 is 23.4 Å². The van der Waals surface area contributed by atoms with Crippen molar-refractivity contribution in [3.05, 3.63) is 16.1 Å². The fourth-order valence-corrected chi connectivity index (χ4v) is 3.26. The average Bonchev–Trinajstić information content (AvgIpc) is 2.99. The predicted octanol–water partition coefficient (Wildman–Crippen LogP) is 2.13. The Bertz CT molecular complexity index is 552. The molecule has 0 unspecified atom stereocenters. The number of aromatic nitrogens is 1. The first-order valence-corrected chi connectivity index (χ1v) is 9.37. The van der Waals surface area contributed by atoms with Gasteiger partial charge in [0.25, 0.3) is 0 Å². The third-order valence-corrected chi connectivity index (χ3v) is 4.85. The van der Waals surface area contributed by atoms with Crippen LogP contribution in [0.25, 0.3) is 0 Å². The van der Waals surface area contributed by atoms with E-state index in [1.54, 1.807) is 16.2 Å². The number of carbonyl (C=O) groups is 1. The molecule has 2 heterocycles. The lowest BCUT2D eigenvalue weighted by Crippen LogP contribution is -2.49. The highest BCUT2D eigenvalue weighted by atomic mass is 32.1. The van der Waals surface area contributed by atoms with Crippen molar-refractivity contribution in [2.24, 2.45) is 4.99 Å². The van der Waals surface area contributed by atoms with Crippen LogP contribution in [0.5, 0.6) is 0 Å². The van der Waals surface area contributed by atoms with E-state index in [1.807, 2.05) is 19.4 Å². The molecule has 2 rings (SSSR count). The fourth-order valence-electron chi connectivity index (χ4n) is 2.56. The van der Waals surface area contributed by atoms with E-state index in [0.29, 0.717) is 32.3 Å². The van der Waals surface area contributed by atoms with Gasteiger partial charge in [-0.25, -0.2) is 14.8 Å². The Morgan fingerprint density at radius 3 is 2.79 bits per heavy atom. The number of hydrogen-bond acceptors (Lipinski definition) is 5. The molecule has 1 aliphatic heterocycles. The Morgan fingerprint density at radius 1 is 1.46 bits per heavy atom. The number of amides is 1. The molecule has 0 bridgehead atoms. The van der Waals surface area contributed by atoms with E-state index in [2.05, 4.69) is 27.5 Å². The third-order valence-electron chi connectivity index (χ3n) is 3.93. The Labute approximate surface area is 147 Å². The zero-order chi connectivity index (χ0) is 17.4. The minimum absolute atomic E-state index is 0.211. The highest BCUT2D eigenvalue weighted by Crippen LogP contribution is 2.14. The van der Waals surface area contributed by atoms with Gasteiger partial charge in [0.15, 0.2) is 5.96 Å². The molecule has 7 nitrogen and oxygen atoms in total. The number of carbonyl (C=O) groups excluding carboxylic acids is 1. The van der Waals surface area contributed by atoms with Crippen LogP contribution < -0.4 is 10.6 Å². The number of aliphatic imine (C=N–C) groups is 1. The van der Waals surface area contributed by atoms with Gasteiger partial charge in [-0.1, -0.05) is 0 Å². The van der Waals surface area contributed by atoms with Crippen molar-refractivity contribution < 1.29 is 9.53 Å². The van der Waals surface area contributed by atoms with E-state index >= 15 is 0 Å². The van der Waals surface area contributed by atoms with Crippen LogP contribution in [0.4, 0.5) is 4.79 Å². The van der Waals surface area contributed by atoms with Crippen LogP contribution in [0.15, 0.2) is 10.5 Å². The summed E-state index contributed by atoms with van der Waals surface area (Å²) in [5.41, 5.74) is 2.90. The zero-order valence-corrected chi connectivity index (χ0v) is 15.5. The maximum atomic E-state index is 11.7. The first-order valence-electron chi connectivity index (χ1n) is 8.49. The topological polar surface area (TPSA) is 78.9 Å². The van der Waals surface area contributed by atoms with E-state index < -0.39 is 0 Å². The molecule has 2 N–H and O–H groups in total. The van der Waals surface area contributed by atoms with Crippen LogP contribution in [0.1, 0.15) is 37.3 Å². The Kier molecular flexibility index (Phi) is 7.30. The van der Waals surface area contributed by atoms with Gasteiger partial charge < -0.3 is 20.3 Å². The molecule has 1 saturated heterocycles. The average molecular weight is 353 g/mol. The molecule has 1 aliphatic rings. The van der Waals surface area contributed by atoms with Crippen molar-refractivity contribution in [3.63, 3.8) is 0 Å². The molecule has 1 amide bonds. The van der Waals surface area contributed by atoms with E-state index in [-0.39, 0.29) is 6.09 Å². The number of ether oxygens (including phenoxy) is 1. The molecule has 134 valence electrons. The summed E-state index contributed by atoms with van der Waals surface area (Å²) in [5, 5.41) is 6.76. The molecule has 0 atom stereocenters. The summed E-state index contributed by atoms with van der Waals surface area (Å²) in [6, 6.07) is 0.316. The molecule has 0 aromatic carbocycles. The van der Waals surface area contributed by atoms with Gasteiger partial charge in [0, 0.05) is 30.6 Å². The Balaban J connectivity index is 1.85. The maximum Gasteiger partial charge on any atom is 0.409 e. The maximum absolute atomic E-state index is 11.7. The molecule has 0 radical (unpaired) electrons. The Hall–Kier alpha value is -1.83. The smallest absolute Gasteiger partial charge is 0.409 e. The lowest BCUT2D eigenvalue weighted by atomic mass is 10.1. The summed E-state index contributed by atoms with van der Waals surface area (Å²) in [6.45, 7) is 9.18. The molecule has 0 saturated carbocycles. The lowest BCUT2D eigenvalue weighted by molar-refractivity contribution is 0.0963. The van der Waals surface area contributed by atoms with Gasteiger partial charge in [0.1, 0.15) is 0 Å². The monoisotopic (exact) mass is 353 g/mol. The molecule has 24 heavy (non-hydrogen) atoms. The Morgan fingerprint density at radius 2 is 2.21 bits per heavy atom. The van der Waals surface area contributed by atoms with Crippen LogP contribution in [-0.4, -0.2) is 54.2 Å². The third kappa shape index (κ3) is 5.36. The number of nitrogens with zero attached hydrogens (tertiary/aromatic N) is 3. The number of likely N-dealkylation sites (tertiary alicyclic amines) is 1. The van der Waals surface area contributed by atoms with E-state index in [9.17, 15) is 4.79 Å². The second-order valence-corrected chi connectivity index (χ2v) is 6.60. The summed E-state index contributed by atoms with van der Waals surface area (Å²) in [7, 11) is 0. The molecule has 1 fully saturated rings. The van der Waals surface area contributed by atoms with Crippen LogP contribution in [-0.2, 0) is 11.3 Å². The second kappa shape index (κ2) is 9.46. The second-order valence-electron chi connectivity index (χ2n) is 5.66. The van der Waals surface area contributed by atoms with E-state index in [1.165, 1.54) is 4.88 Å². The number of aryl methyl sites for hydroxylation is 1. The van der Waals surface area contributed by atoms with Crippen LogP contribution in [0, 0.1) is 6.92 Å². The van der Waals surface area contributed by atoms with Crippen molar-refractivity contribution in [2.45, 2.75) is 46.2 Å². The SMILES string of the molecule is CCNC(=NCc1scnc1C)NC1CCN(C(=O)OCC)CC1. The summed E-state index contributed by atoms with van der Waals surface area (Å²) < 4.78 is 5.05. The van der Waals surface area contributed by atoms with Crippen LogP contribution in [0.3, 0.4) is 0 Å². The highest BCUT2D eigenvalue weighted by Gasteiger charge is 2.24. The molecule has 1 aromatic rings. The first-order chi connectivity index (χ1) is 11.6. The normalized spacial score (nSPS) is 16.1. The first kappa shape index (κ1) is 18.5. The minimum atomic E-state index is -0.211. The number of rotatable bonds is 5. The number of piperidine rings is 1. The van der Waals surface area contributed by atoms with Crippen molar-refractivity contribution in [1.82, 2.24) is 20.5 Å². The van der Waals surface area contributed by atoms with E-state index in [4.69, 9.17) is 4.74 Å². The largest absolute Gasteiger partial charge is 0.450 e. The van der Waals surface area contributed by atoms with Gasteiger partial charge >= 0.3 is 6.09 Å². The molecule has 0 spiro atoms. The summed E-state index contributed by atoms with van der Waals surface area (Å²) in [4.78, 5) is 23.6. The summed E-state index contributed by atoms with van der Waals surface area (Å²) >= 11 is 1.63. The number of thiazole rings is 1. The van der Waals surface area contributed by atoms with E-state index in [0.717, 1.165) is 31.0 Å². The van der Waals surface area contributed by atoms with Gasteiger partial charge in [0.2, 0.25) is 0 Å². The minimum Gasteiger partial charge on any atom is -0.450 e. The molecule has 1 aromatic heterocycles. The fraction of sp³-hybridized carbons (Fsp3) is 0.688. The van der Waals surface area contributed by atoms with Crippen molar-refractivity contribution in [3.8, 4) is 0 Å². The molecular formula is C16H27N5O2S. The molecule has 8 heteroatoms. The number of nitrogens with one attached hydrogen (secondary N) is 2. The van der Waals surface area contributed by atoms with Crippen molar-refractivity contribution in [2.75, 3.05) is 26.2 Å². The summed E-state index contributed by atoms with van der Waals surface area (Å²) in [6.07, 6.45) is 1.57. The lowest BCUT2D eigenvalue weighted by Gasteiger charge is -2.32. The van der Waals surface area contributed by atoms with Crippen LogP contribution >= 0.6 is 11.3 Å². The molecule has 0 aliphatic carbocycles. The van der Waals surface area contributed by atoms with Gasteiger partial charge in [-0.15, -0.1) is 11.3 Å². The molecular weight excluding hydrogens is 326 g/mol. The van der Waals surface area contributed by atoms with Crippen molar-refractivity contribution in [1.29, 1.82) is 0 Å². The van der Waals surface area contributed by atoms with Gasteiger partial charge in [-0.2, -0.15) is 0 Å². The van der Waals surface area contributed by atoms with Gasteiger partial charge in [0.05, 0.1) is 24.4 Å². The van der Waals surface area contributed by atoms with Gasteiger partial charge in [-0.3, -0.25) is 0 Å². The quantitative estimate of drug-likeness (QED) is 0.626.